The van der Waals surface area contributed by atoms with Crippen LogP contribution in [-0.2, 0) is 9.84 Å². The number of sulfone groups is 1. The van der Waals surface area contributed by atoms with E-state index in [0.29, 0.717) is 30.1 Å². The molecule has 7 rings (SSSR count). The van der Waals surface area contributed by atoms with Crippen LogP contribution in [0.1, 0.15) is 37.3 Å². The average Bonchev–Trinajstić information content (AvgIpc) is 3.66. The number of fused-ring (bicyclic) bond motifs is 3. The van der Waals surface area contributed by atoms with Gasteiger partial charge >= 0.3 is 0 Å². The number of nitrogen functional groups attached to an aromatic ring is 1. The van der Waals surface area contributed by atoms with E-state index in [2.05, 4.69) is 35.6 Å². The number of tetrazole rings is 1. The Bertz CT molecular complexity index is 1760. The smallest absolute Gasteiger partial charge is 0.266 e. The number of piperidine rings is 1. The van der Waals surface area contributed by atoms with Crippen LogP contribution in [0.4, 0.5) is 11.8 Å². The van der Waals surface area contributed by atoms with Gasteiger partial charge in [-0.25, -0.2) is 13.4 Å². The minimum Gasteiger partial charge on any atom is -0.382 e. The zero-order chi connectivity index (χ0) is 26.7. The maximum Gasteiger partial charge on any atom is 0.266 e. The number of anilines is 2. The van der Waals surface area contributed by atoms with Crippen molar-refractivity contribution in [2.24, 2.45) is 0 Å². The fourth-order valence-corrected chi connectivity index (χ4v) is 7.26. The second-order valence-electron chi connectivity index (χ2n) is 10.2. The molecule has 3 N–H and O–H groups in total. The predicted octanol–water partition coefficient (Wildman–Crippen LogP) is 2.87. The predicted molar refractivity (Wildman–Crippen MR) is 145 cm³/mol. The lowest BCUT2D eigenvalue weighted by molar-refractivity contribution is 0.400. The molecule has 1 unspecified atom stereocenters. The first kappa shape index (κ1) is 23.7. The summed E-state index contributed by atoms with van der Waals surface area (Å²) in [6.07, 6.45) is 7.99. The maximum absolute atomic E-state index is 13.0. The first-order chi connectivity index (χ1) is 18.9. The van der Waals surface area contributed by atoms with Crippen LogP contribution in [0.25, 0.3) is 28.0 Å². The molecule has 4 aromatic heterocycles. The molecule has 6 heterocycles. The van der Waals surface area contributed by atoms with Crippen LogP contribution < -0.4 is 10.6 Å². The van der Waals surface area contributed by atoms with Crippen LogP contribution in [0.15, 0.2) is 59.8 Å². The third-order valence-corrected chi connectivity index (χ3v) is 9.02. The highest BCUT2D eigenvalue weighted by molar-refractivity contribution is 7.91. The Kier molecular flexibility index (Phi) is 5.37. The molecule has 0 amide bonds. The SMILES string of the molecule is CS(=O)(=O)c1c(C2C[C@H]3CC[C@@H](C2)N3c2nn[nH]n2)nc2c(-c3ccc(-c4ccccc4)nc3)cnn2c1N. The van der Waals surface area contributed by atoms with Gasteiger partial charge in [-0.15, -0.1) is 5.10 Å². The van der Waals surface area contributed by atoms with E-state index in [1.54, 1.807) is 12.4 Å². The van der Waals surface area contributed by atoms with Gasteiger partial charge in [0.15, 0.2) is 15.5 Å². The summed E-state index contributed by atoms with van der Waals surface area (Å²) in [5.41, 5.74) is 11.0. The van der Waals surface area contributed by atoms with Gasteiger partial charge in [0.2, 0.25) is 0 Å². The van der Waals surface area contributed by atoms with Crippen molar-refractivity contribution in [2.75, 3.05) is 16.9 Å². The molecule has 12 nitrogen and oxygen atoms in total. The number of benzene rings is 1. The van der Waals surface area contributed by atoms with Crippen molar-refractivity contribution in [3.63, 3.8) is 0 Å². The molecule has 13 heteroatoms. The minimum absolute atomic E-state index is 0.0552. The van der Waals surface area contributed by atoms with Gasteiger partial charge in [-0.1, -0.05) is 41.5 Å². The number of pyridine rings is 1. The van der Waals surface area contributed by atoms with E-state index in [9.17, 15) is 8.42 Å². The minimum atomic E-state index is -3.68. The molecule has 198 valence electrons. The Labute approximate surface area is 224 Å². The van der Waals surface area contributed by atoms with Gasteiger partial charge in [-0.3, -0.25) is 4.98 Å². The summed E-state index contributed by atoms with van der Waals surface area (Å²) >= 11 is 0. The molecular formula is C26H26N10O2S. The first-order valence-electron chi connectivity index (χ1n) is 12.8. The van der Waals surface area contributed by atoms with Crippen molar-refractivity contribution in [3.05, 3.63) is 60.6 Å². The fraction of sp³-hybridized carbons (Fsp3) is 0.308. The highest BCUT2D eigenvalue weighted by Crippen LogP contribution is 2.46. The summed E-state index contributed by atoms with van der Waals surface area (Å²) in [5, 5.41) is 19.0. The van der Waals surface area contributed by atoms with E-state index >= 15 is 0 Å². The monoisotopic (exact) mass is 542 g/mol. The first-order valence-corrected chi connectivity index (χ1v) is 14.7. The van der Waals surface area contributed by atoms with E-state index in [1.165, 1.54) is 10.8 Å². The molecule has 39 heavy (non-hydrogen) atoms. The van der Waals surface area contributed by atoms with Gasteiger partial charge in [0.1, 0.15) is 10.7 Å². The quantitative estimate of drug-likeness (QED) is 0.338. The van der Waals surface area contributed by atoms with Gasteiger partial charge < -0.3 is 10.6 Å². The number of nitrogens with two attached hydrogens (primary N) is 1. The molecule has 2 aliphatic heterocycles. The Morgan fingerprint density at radius 1 is 1.00 bits per heavy atom. The van der Waals surface area contributed by atoms with Gasteiger partial charge in [0.25, 0.3) is 5.95 Å². The molecule has 0 spiro atoms. The summed E-state index contributed by atoms with van der Waals surface area (Å²) in [5.74, 6) is 0.561. The topological polar surface area (TPSA) is 161 Å². The zero-order valence-electron chi connectivity index (χ0n) is 21.1. The number of nitrogens with one attached hydrogen (secondary N) is 1. The number of rotatable bonds is 5. The molecule has 0 saturated carbocycles. The van der Waals surface area contributed by atoms with Crippen LogP contribution in [0, 0.1) is 0 Å². The fourth-order valence-electron chi connectivity index (χ4n) is 6.20. The number of hydrogen-bond donors (Lipinski definition) is 2. The van der Waals surface area contributed by atoms with Crippen molar-refractivity contribution in [1.29, 1.82) is 0 Å². The number of H-pyrrole nitrogens is 1. The van der Waals surface area contributed by atoms with E-state index in [0.717, 1.165) is 35.2 Å². The van der Waals surface area contributed by atoms with Gasteiger partial charge in [0, 0.05) is 47.1 Å². The Morgan fingerprint density at radius 3 is 2.41 bits per heavy atom. The van der Waals surface area contributed by atoms with Crippen molar-refractivity contribution in [1.82, 2.24) is 40.2 Å². The molecule has 2 saturated heterocycles. The van der Waals surface area contributed by atoms with E-state index in [-0.39, 0.29) is 28.7 Å². The Balaban J connectivity index is 1.31. The van der Waals surface area contributed by atoms with Crippen LogP contribution in [-0.4, -0.2) is 67.0 Å². The molecule has 3 atom stereocenters. The van der Waals surface area contributed by atoms with Crippen molar-refractivity contribution >= 4 is 27.3 Å². The number of nitrogens with zero attached hydrogens (tertiary/aromatic N) is 8. The van der Waals surface area contributed by atoms with Gasteiger partial charge in [-0.2, -0.15) is 14.8 Å². The second-order valence-corrected chi connectivity index (χ2v) is 12.2. The molecule has 1 aromatic carbocycles. The second kappa shape index (κ2) is 8.83. The molecule has 0 aliphatic carbocycles. The molecule has 2 aliphatic rings. The van der Waals surface area contributed by atoms with Gasteiger partial charge in [0.05, 0.1) is 17.6 Å². The van der Waals surface area contributed by atoms with Crippen LogP contribution in [0.5, 0.6) is 0 Å². The molecular weight excluding hydrogens is 516 g/mol. The average molecular weight is 543 g/mol. The van der Waals surface area contributed by atoms with Crippen LogP contribution >= 0.6 is 0 Å². The summed E-state index contributed by atoms with van der Waals surface area (Å²) in [6, 6.07) is 14.2. The molecule has 0 radical (unpaired) electrons. The Hall–Kier alpha value is -4.39. The third kappa shape index (κ3) is 3.92. The lowest BCUT2D eigenvalue weighted by Gasteiger charge is -2.38. The maximum atomic E-state index is 13.0. The molecule has 5 aromatic rings. The van der Waals surface area contributed by atoms with Crippen molar-refractivity contribution in [2.45, 2.75) is 48.6 Å². The highest BCUT2D eigenvalue weighted by Gasteiger charge is 2.44. The summed E-state index contributed by atoms with van der Waals surface area (Å²) < 4.78 is 27.5. The van der Waals surface area contributed by atoms with Crippen LogP contribution in [0.2, 0.25) is 0 Å². The normalized spacial score (nSPS) is 21.1. The van der Waals surface area contributed by atoms with Crippen molar-refractivity contribution < 1.29 is 8.42 Å². The largest absolute Gasteiger partial charge is 0.382 e. The standard InChI is InChI=1S/C26H26N10O2S/c1-39(37,38)23-22(17-11-18-8-9-19(12-17)35(18)26-31-33-34-32-26)30-25-20(14-29-36(25)24(23)27)16-7-10-21(28-13-16)15-5-3-2-4-6-15/h2-7,10,13-14,17-19H,8-9,11-12,27H2,1H3,(H,31,32,33,34)/t17?,18-,19+. The van der Waals surface area contributed by atoms with Crippen LogP contribution in [0.3, 0.4) is 0 Å². The third-order valence-electron chi connectivity index (χ3n) is 7.86. The van der Waals surface area contributed by atoms with E-state index in [4.69, 9.17) is 10.7 Å². The zero-order valence-corrected chi connectivity index (χ0v) is 22.0. The summed E-state index contributed by atoms with van der Waals surface area (Å²) in [4.78, 5) is 11.9. The molecule has 2 bridgehead atoms. The molecule has 2 fully saturated rings. The lowest BCUT2D eigenvalue weighted by atomic mass is 9.88. The van der Waals surface area contributed by atoms with Crippen molar-refractivity contribution in [3.8, 4) is 22.4 Å². The number of aromatic amines is 1. The summed E-state index contributed by atoms with van der Waals surface area (Å²) in [6.45, 7) is 0. The lowest BCUT2D eigenvalue weighted by Crippen LogP contribution is -2.43. The highest BCUT2D eigenvalue weighted by atomic mass is 32.2. The van der Waals surface area contributed by atoms with Gasteiger partial charge in [-0.05, 0) is 37.0 Å². The Morgan fingerprint density at radius 2 is 1.77 bits per heavy atom. The van der Waals surface area contributed by atoms with E-state index < -0.39 is 9.84 Å². The van der Waals surface area contributed by atoms with E-state index in [1.807, 2.05) is 42.5 Å². The number of hydrogen-bond acceptors (Lipinski definition) is 10. The number of aromatic nitrogens is 8. The summed E-state index contributed by atoms with van der Waals surface area (Å²) in [7, 11) is -3.68.